The number of para-hydroxylation sites is 1. The third-order valence-electron chi connectivity index (χ3n) is 3.28. The van der Waals surface area contributed by atoms with Gasteiger partial charge in [0.1, 0.15) is 17.4 Å². The van der Waals surface area contributed by atoms with Gasteiger partial charge in [-0.15, -0.1) is 0 Å². The monoisotopic (exact) mass is 397 g/mol. The Morgan fingerprint density at radius 2 is 2.16 bits per heavy atom. The van der Waals surface area contributed by atoms with Crippen molar-refractivity contribution in [3.8, 4) is 11.8 Å². The van der Waals surface area contributed by atoms with Crippen LogP contribution in [-0.4, -0.2) is 18.7 Å². The highest BCUT2D eigenvalue weighted by molar-refractivity contribution is 9.10. The number of furan rings is 1. The molecule has 2 aromatic carbocycles. The van der Waals surface area contributed by atoms with Crippen LogP contribution in [0, 0.1) is 11.3 Å². The Hall–Kier alpha value is -3.11. The van der Waals surface area contributed by atoms with E-state index < -0.39 is 5.91 Å². The molecule has 3 aromatic rings. The van der Waals surface area contributed by atoms with Crippen molar-refractivity contribution in [2.75, 3.05) is 6.61 Å². The molecule has 6 nitrogen and oxygen atoms in total. The zero-order chi connectivity index (χ0) is 17.6. The lowest BCUT2D eigenvalue weighted by atomic mass is 10.2. The topological polar surface area (TPSA) is 87.6 Å². The molecule has 0 aliphatic rings. The number of fused-ring (bicyclic) bond motifs is 1. The molecule has 0 unspecified atom stereocenters. The number of nitriles is 1. The molecule has 124 valence electrons. The number of halogens is 1. The highest BCUT2D eigenvalue weighted by Crippen LogP contribution is 2.23. The molecule has 0 saturated heterocycles. The average molecular weight is 398 g/mol. The zero-order valence-electron chi connectivity index (χ0n) is 12.9. The molecule has 0 aliphatic carbocycles. The number of benzene rings is 2. The predicted molar refractivity (Wildman–Crippen MR) is 96.5 cm³/mol. The normalized spacial score (nSPS) is 10.7. The van der Waals surface area contributed by atoms with E-state index >= 15 is 0 Å². The van der Waals surface area contributed by atoms with E-state index in [2.05, 4.69) is 26.5 Å². The first-order valence-corrected chi connectivity index (χ1v) is 8.08. The van der Waals surface area contributed by atoms with Crippen LogP contribution in [0.1, 0.15) is 16.1 Å². The van der Waals surface area contributed by atoms with E-state index in [9.17, 15) is 4.79 Å². The van der Waals surface area contributed by atoms with Crippen LogP contribution in [0.4, 0.5) is 0 Å². The maximum absolute atomic E-state index is 12.1. The number of nitrogens with one attached hydrogen (secondary N) is 1. The molecule has 0 radical (unpaired) electrons. The number of hydrazone groups is 1. The number of carbonyl (C=O) groups excluding carboxylic acids is 1. The van der Waals surface area contributed by atoms with Gasteiger partial charge in [0.15, 0.2) is 12.4 Å². The zero-order valence-corrected chi connectivity index (χ0v) is 14.5. The second kappa shape index (κ2) is 7.64. The van der Waals surface area contributed by atoms with Crippen LogP contribution < -0.4 is 10.2 Å². The van der Waals surface area contributed by atoms with E-state index in [1.807, 2.05) is 18.2 Å². The van der Waals surface area contributed by atoms with Gasteiger partial charge >= 0.3 is 5.91 Å². The van der Waals surface area contributed by atoms with Crippen LogP contribution in [-0.2, 0) is 0 Å². The fourth-order valence-corrected chi connectivity index (χ4v) is 2.55. The summed E-state index contributed by atoms with van der Waals surface area (Å²) < 4.78 is 11.7. The minimum Gasteiger partial charge on any atom is -0.478 e. The van der Waals surface area contributed by atoms with Crippen LogP contribution >= 0.6 is 15.9 Å². The Morgan fingerprint density at radius 1 is 1.32 bits per heavy atom. The Morgan fingerprint density at radius 3 is 3.00 bits per heavy atom. The van der Waals surface area contributed by atoms with Crippen molar-refractivity contribution in [3.63, 3.8) is 0 Å². The minimum absolute atomic E-state index is 0.0637. The lowest BCUT2D eigenvalue weighted by Crippen LogP contribution is -2.16. The molecule has 25 heavy (non-hydrogen) atoms. The molecule has 3 rings (SSSR count). The SMILES string of the molecule is N#CCOc1ccccc1/C=N/NC(=O)c1cc2cc(Br)ccc2o1. The fourth-order valence-electron chi connectivity index (χ4n) is 2.17. The summed E-state index contributed by atoms with van der Waals surface area (Å²) in [7, 11) is 0. The maximum atomic E-state index is 12.1. The van der Waals surface area contributed by atoms with Crippen LogP contribution in [0.5, 0.6) is 5.75 Å². The quantitative estimate of drug-likeness (QED) is 0.522. The molecular formula is C18H12BrN3O3. The summed E-state index contributed by atoms with van der Waals surface area (Å²) >= 11 is 3.37. The van der Waals surface area contributed by atoms with Gasteiger partial charge in [-0.05, 0) is 36.4 Å². The maximum Gasteiger partial charge on any atom is 0.307 e. The lowest BCUT2D eigenvalue weighted by Gasteiger charge is -2.04. The Balaban J connectivity index is 1.71. The van der Waals surface area contributed by atoms with Crippen molar-refractivity contribution in [2.24, 2.45) is 5.10 Å². The number of nitrogens with zero attached hydrogens (tertiary/aromatic N) is 2. The minimum atomic E-state index is -0.459. The number of amides is 1. The van der Waals surface area contributed by atoms with Gasteiger partial charge in [-0.1, -0.05) is 28.1 Å². The van der Waals surface area contributed by atoms with E-state index in [4.69, 9.17) is 14.4 Å². The van der Waals surface area contributed by atoms with E-state index in [0.29, 0.717) is 16.9 Å². The molecule has 0 fully saturated rings. The average Bonchev–Trinajstić information content (AvgIpc) is 3.04. The smallest absolute Gasteiger partial charge is 0.307 e. The summed E-state index contributed by atoms with van der Waals surface area (Å²) in [6.07, 6.45) is 1.45. The highest BCUT2D eigenvalue weighted by Gasteiger charge is 2.11. The first-order chi connectivity index (χ1) is 12.2. The van der Waals surface area contributed by atoms with Gasteiger partial charge in [0, 0.05) is 15.4 Å². The molecular weight excluding hydrogens is 386 g/mol. The number of hydrogen-bond donors (Lipinski definition) is 1. The van der Waals surface area contributed by atoms with Gasteiger partial charge in [-0.2, -0.15) is 10.4 Å². The van der Waals surface area contributed by atoms with Gasteiger partial charge in [0.05, 0.1) is 6.21 Å². The second-order valence-electron chi connectivity index (χ2n) is 4.98. The Bertz CT molecular complexity index is 989. The predicted octanol–water partition coefficient (Wildman–Crippen LogP) is 3.86. The van der Waals surface area contributed by atoms with E-state index in [1.165, 1.54) is 6.21 Å². The van der Waals surface area contributed by atoms with Crippen molar-refractivity contribution in [2.45, 2.75) is 0 Å². The molecule has 1 aromatic heterocycles. The van der Waals surface area contributed by atoms with Crippen LogP contribution in [0.15, 0.2) is 62.5 Å². The van der Waals surface area contributed by atoms with Crippen LogP contribution in [0.3, 0.4) is 0 Å². The molecule has 1 heterocycles. The molecule has 0 aliphatic heterocycles. The Labute approximate surface area is 151 Å². The largest absolute Gasteiger partial charge is 0.478 e. The van der Waals surface area contributed by atoms with Crippen LogP contribution in [0.25, 0.3) is 11.0 Å². The summed E-state index contributed by atoms with van der Waals surface area (Å²) in [5.41, 5.74) is 3.67. The van der Waals surface area contributed by atoms with E-state index in [1.54, 1.807) is 36.4 Å². The molecule has 0 spiro atoms. The summed E-state index contributed by atoms with van der Waals surface area (Å²) in [6, 6.07) is 16.1. The molecule has 0 atom stereocenters. The van der Waals surface area contributed by atoms with Gasteiger partial charge in [0.25, 0.3) is 0 Å². The Kier molecular flexibility index (Phi) is 5.11. The van der Waals surface area contributed by atoms with Crippen molar-refractivity contribution in [1.82, 2.24) is 5.43 Å². The number of rotatable bonds is 5. The van der Waals surface area contributed by atoms with Gasteiger partial charge in [0.2, 0.25) is 0 Å². The first kappa shape index (κ1) is 16.7. The van der Waals surface area contributed by atoms with Crippen molar-refractivity contribution < 1.29 is 13.9 Å². The molecule has 1 amide bonds. The second-order valence-corrected chi connectivity index (χ2v) is 5.89. The number of carbonyl (C=O) groups is 1. The summed E-state index contributed by atoms with van der Waals surface area (Å²) in [5, 5.41) is 13.3. The van der Waals surface area contributed by atoms with Crippen molar-refractivity contribution in [1.29, 1.82) is 5.26 Å². The van der Waals surface area contributed by atoms with E-state index in [0.717, 1.165) is 9.86 Å². The third-order valence-corrected chi connectivity index (χ3v) is 3.78. The number of ether oxygens (including phenoxy) is 1. The highest BCUT2D eigenvalue weighted by atomic mass is 79.9. The standard InChI is InChI=1S/C18H12BrN3O3/c19-14-5-6-16-13(9-14)10-17(25-16)18(23)22-21-11-12-3-1-2-4-15(12)24-8-7-20/h1-6,9-11H,8H2,(H,22,23)/b21-11+. The van der Waals surface area contributed by atoms with Crippen molar-refractivity contribution in [3.05, 3.63) is 64.3 Å². The molecule has 7 heteroatoms. The van der Waals surface area contributed by atoms with Crippen LogP contribution in [0.2, 0.25) is 0 Å². The summed E-state index contributed by atoms with van der Waals surface area (Å²) in [4.78, 5) is 12.1. The lowest BCUT2D eigenvalue weighted by molar-refractivity contribution is 0.0929. The van der Waals surface area contributed by atoms with E-state index in [-0.39, 0.29) is 12.4 Å². The summed E-state index contributed by atoms with van der Waals surface area (Å²) in [6.45, 7) is -0.0637. The third kappa shape index (κ3) is 4.05. The molecule has 1 N–H and O–H groups in total. The van der Waals surface area contributed by atoms with Gasteiger partial charge in [-0.25, -0.2) is 5.43 Å². The van der Waals surface area contributed by atoms with Crippen molar-refractivity contribution >= 4 is 39.0 Å². The molecule has 0 bridgehead atoms. The molecule has 0 saturated carbocycles. The van der Waals surface area contributed by atoms with Gasteiger partial charge < -0.3 is 9.15 Å². The first-order valence-electron chi connectivity index (χ1n) is 7.28. The fraction of sp³-hybridized carbons (Fsp3) is 0.0556. The number of hydrogen-bond acceptors (Lipinski definition) is 5. The summed E-state index contributed by atoms with van der Waals surface area (Å²) in [5.74, 6) is 0.217. The van der Waals surface area contributed by atoms with Gasteiger partial charge in [-0.3, -0.25) is 4.79 Å².